The lowest BCUT2D eigenvalue weighted by Crippen LogP contribution is -2.51. The van der Waals surface area contributed by atoms with Crippen molar-refractivity contribution in [1.82, 2.24) is 14.7 Å². The Bertz CT molecular complexity index is 508. The molecule has 1 aromatic heterocycles. The second-order valence-electron chi connectivity index (χ2n) is 6.06. The average Bonchev–Trinajstić information content (AvgIpc) is 3.23. The predicted molar refractivity (Wildman–Crippen MR) is 85.2 cm³/mol. The lowest BCUT2D eigenvalue weighted by atomic mass is 10.1. The Balaban J connectivity index is 0.000000647. The number of carbonyl (C=O) groups excluding carboxylic acids is 1. The van der Waals surface area contributed by atoms with E-state index in [4.69, 9.17) is 14.6 Å². The van der Waals surface area contributed by atoms with Crippen LogP contribution in [-0.4, -0.2) is 69.2 Å². The molecule has 24 heavy (non-hydrogen) atoms. The monoisotopic (exact) mass is 339 g/mol. The topological polar surface area (TPSA) is 105 Å². The summed E-state index contributed by atoms with van der Waals surface area (Å²) < 4.78 is 7.61. The highest BCUT2D eigenvalue weighted by atomic mass is 16.5. The molecule has 0 spiro atoms. The molecule has 1 saturated carbocycles. The number of ether oxygens (including phenoxy) is 1. The number of aliphatic hydroxyl groups excluding tert-OH is 1. The highest BCUT2D eigenvalue weighted by Crippen LogP contribution is 2.34. The zero-order valence-electron chi connectivity index (χ0n) is 13.7. The van der Waals surface area contributed by atoms with Gasteiger partial charge in [-0.15, -0.1) is 0 Å². The first-order valence-electron chi connectivity index (χ1n) is 8.26. The van der Waals surface area contributed by atoms with Gasteiger partial charge >= 0.3 is 0 Å². The summed E-state index contributed by atoms with van der Waals surface area (Å²) >= 11 is 0. The molecule has 134 valence electrons. The van der Waals surface area contributed by atoms with Gasteiger partial charge in [-0.2, -0.15) is 5.10 Å². The van der Waals surface area contributed by atoms with Crippen LogP contribution in [0, 0.1) is 5.92 Å². The van der Waals surface area contributed by atoms with Gasteiger partial charge in [0.15, 0.2) is 0 Å². The van der Waals surface area contributed by atoms with Crippen molar-refractivity contribution in [3.63, 3.8) is 0 Å². The summed E-state index contributed by atoms with van der Waals surface area (Å²) in [4.78, 5) is 22.8. The third kappa shape index (κ3) is 4.78. The second kappa shape index (κ2) is 9.39. The van der Waals surface area contributed by atoms with E-state index in [1.165, 1.54) is 0 Å². The van der Waals surface area contributed by atoms with Gasteiger partial charge in [-0.3, -0.25) is 14.3 Å². The number of aliphatic hydroxyl groups is 1. The van der Waals surface area contributed by atoms with Gasteiger partial charge in [-0.1, -0.05) is 0 Å². The summed E-state index contributed by atoms with van der Waals surface area (Å²) in [6.07, 6.45) is 6.88. The van der Waals surface area contributed by atoms with Crippen molar-refractivity contribution in [2.45, 2.75) is 44.4 Å². The SMILES string of the molecule is O=C(CCCn1cccn1)N1CCOC2C[C@H](CO)C[C@@H]21.O=CO. The molecular formula is C16H25N3O5. The molecule has 2 aliphatic rings. The minimum atomic E-state index is -0.250. The standard InChI is InChI=1S/C15H23N3O3.CH2O2/c19-11-12-9-13-14(10-12)21-8-7-18(13)15(20)3-1-5-17-6-2-4-16-17;2-1-3/h2,4,6,12-14,19H,1,3,5,7-11H2;1H,(H,2,3)/t12-,13+,14?;/m1./s1. The molecule has 8 nitrogen and oxygen atoms in total. The number of aryl methyl sites for hydroxylation is 1. The molecule has 2 N–H and O–H groups in total. The van der Waals surface area contributed by atoms with Crippen molar-refractivity contribution in [2.75, 3.05) is 19.8 Å². The number of nitrogens with zero attached hydrogens (tertiary/aromatic N) is 3. The van der Waals surface area contributed by atoms with E-state index in [-0.39, 0.29) is 37.0 Å². The van der Waals surface area contributed by atoms with Crippen LogP contribution >= 0.6 is 0 Å². The first kappa shape index (κ1) is 18.4. The molecule has 2 heterocycles. The third-order valence-electron chi connectivity index (χ3n) is 4.55. The van der Waals surface area contributed by atoms with Gasteiger partial charge in [0.05, 0.1) is 18.8 Å². The number of carbonyl (C=O) groups is 2. The molecule has 2 fully saturated rings. The Morgan fingerprint density at radius 1 is 1.42 bits per heavy atom. The molecule has 1 aliphatic carbocycles. The highest BCUT2D eigenvalue weighted by molar-refractivity contribution is 5.76. The smallest absolute Gasteiger partial charge is 0.290 e. The molecule has 1 unspecified atom stereocenters. The maximum Gasteiger partial charge on any atom is 0.290 e. The molecular weight excluding hydrogens is 314 g/mol. The minimum Gasteiger partial charge on any atom is -0.483 e. The van der Waals surface area contributed by atoms with Crippen LogP contribution < -0.4 is 0 Å². The Kier molecular flexibility index (Phi) is 7.20. The van der Waals surface area contributed by atoms with Crippen molar-refractivity contribution in [3.8, 4) is 0 Å². The molecule has 3 atom stereocenters. The highest BCUT2D eigenvalue weighted by Gasteiger charge is 2.42. The molecule has 0 aromatic carbocycles. The van der Waals surface area contributed by atoms with Crippen molar-refractivity contribution in [2.24, 2.45) is 5.92 Å². The first-order valence-corrected chi connectivity index (χ1v) is 8.26. The Morgan fingerprint density at radius 3 is 2.88 bits per heavy atom. The number of carboxylic acid groups (broad SMARTS) is 1. The molecule has 8 heteroatoms. The average molecular weight is 339 g/mol. The van der Waals surface area contributed by atoms with Crippen LogP contribution in [0.5, 0.6) is 0 Å². The maximum absolute atomic E-state index is 12.4. The van der Waals surface area contributed by atoms with E-state index in [1.807, 2.05) is 21.8 Å². The van der Waals surface area contributed by atoms with Gasteiger partial charge in [-0.25, -0.2) is 0 Å². The Labute approximate surface area is 141 Å². The van der Waals surface area contributed by atoms with Gasteiger partial charge in [0, 0.05) is 38.5 Å². The fourth-order valence-electron chi connectivity index (χ4n) is 3.48. The lowest BCUT2D eigenvalue weighted by Gasteiger charge is -2.37. The molecule has 1 amide bonds. The van der Waals surface area contributed by atoms with Crippen molar-refractivity contribution in [1.29, 1.82) is 0 Å². The summed E-state index contributed by atoms with van der Waals surface area (Å²) in [5.74, 6) is 0.483. The number of fused-ring (bicyclic) bond motifs is 1. The van der Waals surface area contributed by atoms with Crippen LogP contribution in [0.15, 0.2) is 18.5 Å². The van der Waals surface area contributed by atoms with Crippen LogP contribution in [0.2, 0.25) is 0 Å². The van der Waals surface area contributed by atoms with E-state index in [2.05, 4.69) is 5.10 Å². The third-order valence-corrected chi connectivity index (χ3v) is 4.55. The molecule has 1 saturated heterocycles. The second-order valence-corrected chi connectivity index (χ2v) is 6.06. The van der Waals surface area contributed by atoms with Crippen molar-refractivity contribution in [3.05, 3.63) is 18.5 Å². The van der Waals surface area contributed by atoms with E-state index in [0.29, 0.717) is 19.6 Å². The van der Waals surface area contributed by atoms with Crippen molar-refractivity contribution >= 4 is 12.4 Å². The summed E-state index contributed by atoms with van der Waals surface area (Å²) in [6, 6.07) is 2.05. The quantitative estimate of drug-likeness (QED) is 0.751. The van der Waals surface area contributed by atoms with E-state index in [0.717, 1.165) is 25.8 Å². The van der Waals surface area contributed by atoms with E-state index < -0.39 is 0 Å². The van der Waals surface area contributed by atoms with E-state index >= 15 is 0 Å². The van der Waals surface area contributed by atoms with Gasteiger partial charge in [0.1, 0.15) is 0 Å². The van der Waals surface area contributed by atoms with Crippen LogP contribution in [0.25, 0.3) is 0 Å². The van der Waals surface area contributed by atoms with Gasteiger partial charge in [0.25, 0.3) is 6.47 Å². The summed E-state index contributed by atoms with van der Waals surface area (Å²) in [7, 11) is 0. The number of aromatic nitrogens is 2. The first-order chi connectivity index (χ1) is 11.7. The zero-order valence-corrected chi connectivity index (χ0v) is 13.7. The van der Waals surface area contributed by atoms with Crippen LogP contribution in [-0.2, 0) is 20.9 Å². The predicted octanol–water partition coefficient (Wildman–Crippen LogP) is 0.362. The van der Waals surface area contributed by atoms with Crippen LogP contribution in [0.4, 0.5) is 0 Å². The lowest BCUT2D eigenvalue weighted by molar-refractivity contribution is -0.144. The summed E-state index contributed by atoms with van der Waals surface area (Å²) in [6.45, 7) is 2.01. The maximum atomic E-state index is 12.4. The Morgan fingerprint density at radius 2 is 2.21 bits per heavy atom. The molecule has 1 aliphatic heterocycles. The normalized spacial score (nSPS) is 25.5. The molecule has 1 aromatic rings. The van der Waals surface area contributed by atoms with Crippen LogP contribution in [0.1, 0.15) is 25.7 Å². The largest absolute Gasteiger partial charge is 0.483 e. The van der Waals surface area contributed by atoms with Crippen molar-refractivity contribution < 1.29 is 24.5 Å². The zero-order chi connectivity index (χ0) is 17.4. The minimum absolute atomic E-state index is 0.117. The number of rotatable bonds is 5. The molecule has 0 radical (unpaired) electrons. The molecule has 3 rings (SSSR count). The fourth-order valence-corrected chi connectivity index (χ4v) is 3.48. The summed E-state index contributed by atoms with van der Waals surface area (Å²) in [5, 5.41) is 20.3. The number of hydrogen-bond acceptors (Lipinski definition) is 5. The van der Waals surface area contributed by atoms with E-state index in [1.54, 1.807) is 6.20 Å². The summed E-state index contributed by atoms with van der Waals surface area (Å²) in [5.41, 5.74) is 0. The molecule has 0 bridgehead atoms. The number of morpholine rings is 1. The number of hydrogen-bond donors (Lipinski definition) is 2. The van der Waals surface area contributed by atoms with E-state index in [9.17, 15) is 9.90 Å². The van der Waals surface area contributed by atoms with Gasteiger partial charge < -0.3 is 19.8 Å². The van der Waals surface area contributed by atoms with Crippen LogP contribution in [0.3, 0.4) is 0 Å². The Hall–Kier alpha value is -1.93. The van der Waals surface area contributed by atoms with Gasteiger partial charge in [-0.05, 0) is 31.2 Å². The fraction of sp³-hybridized carbons (Fsp3) is 0.688. The number of amides is 1. The van der Waals surface area contributed by atoms with Gasteiger partial charge in [0.2, 0.25) is 5.91 Å².